The second-order valence-electron chi connectivity index (χ2n) is 4.08. The number of carbonyl (C=O) groups is 1. The Balaban J connectivity index is 3.68. The number of aliphatic hydroxyl groups is 1. The molecule has 0 spiro atoms. The number of aliphatic hydroxyl groups excluding tert-OH is 1. The third-order valence-corrected chi connectivity index (χ3v) is 1.18. The Morgan fingerprint density at radius 2 is 2.00 bits per heavy atom. The molecule has 3 heteroatoms. The van der Waals surface area contributed by atoms with Crippen LogP contribution in [0.3, 0.4) is 0 Å². The highest BCUT2D eigenvalue weighted by Crippen LogP contribution is 2.17. The van der Waals surface area contributed by atoms with Crippen molar-refractivity contribution in [3.05, 3.63) is 12.3 Å². The van der Waals surface area contributed by atoms with Crippen LogP contribution in [0.1, 0.15) is 27.2 Å². The second kappa shape index (κ2) is 4.14. The van der Waals surface area contributed by atoms with Crippen LogP contribution < -0.4 is 5.32 Å². The lowest BCUT2D eigenvalue weighted by Gasteiger charge is -2.16. The van der Waals surface area contributed by atoms with E-state index < -0.39 is 0 Å². The normalized spacial score (nSPS) is 10.9. The molecule has 0 aliphatic carbocycles. The average molecular weight is 171 g/mol. The third kappa shape index (κ3) is 7.12. The van der Waals surface area contributed by atoms with Crippen molar-refractivity contribution in [2.45, 2.75) is 27.2 Å². The van der Waals surface area contributed by atoms with Gasteiger partial charge in [0.1, 0.15) is 5.76 Å². The largest absolute Gasteiger partial charge is 0.511 e. The number of hydrogen-bond donors (Lipinski definition) is 2. The van der Waals surface area contributed by atoms with Gasteiger partial charge in [-0.2, -0.15) is 0 Å². The van der Waals surface area contributed by atoms with Gasteiger partial charge in [0.25, 0.3) is 0 Å². The summed E-state index contributed by atoms with van der Waals surface area (Å²) in [5.74, 6) is -0.0741. The van der Waals surface area contributed by atoms with Crippen LogP contribution in [0.15, 0.2) is 12.3 Å². The molecule has 0 aliphatic heterocycles. The molecular weight excluding hydrogens is 154 g/mol. The maximum Gasteiger partial charge on any atom is 0.220 e. The van der Waals surface area contributed by atoms with Gasteiger partial charge in [-0.15, -0.1) is 0 Å². The highest BCUT2D eigenvalue weighted by Gasteiger charge is 2.15. The van der Waals surface area contributed by atoms with E-state index in [-0.39, 0.29) is 23.6 Å². The van der Waals surface area contributed by atoms with Crippen molar-refractivity contribution in [3.63, 3.8) is 0 Å². The van der Waals surface area contributed by atoms with E-state index in [1.165, 1.54) is 0 Å². The van der Waals surface area contributed by atoms with Gasteiger partial charge in [-0.1, -0.05) is 27.4 Å². The van der Waals surface area contributed by atoms with E-state index in [0.717, 1.165) is 0 Å². The third-order valence-electron chi connectivity index (χ3n) is 1.18. The highest BCUT2D eigenvalue weighted by molar-refractivity contribution is 5.76. The van der Waals surface area contributed by atoms with Crippen LogP contribution in [0.2, 0.25) is 0 Å². The van der Waals surface area contributed by atoms with E-state index >= 15 is 0 Å². The molecule has 1 amide bonds. The summed E-state index contributed by atoms with van der Waals surface area (Å²) >= 11 is 0. The Bertz CT molecular complexity index is 179. The molecule has 0 aromatic rings. The molecule has 0 fully saturated rings. The van der Waals surface area contributed by atoms with E-state index in [4.69, 9.17) is 5.11 Å². The molecule has 0 aliphatic rings. The molecule has 0 saturated heterocycles. The predicted molar refractivity (Wildman–Crippen MR) is 48.9 cm³/mol. The first-order valence-corrected chi connectivity index (χ1v) is 3.95. The van der Waals surface area contributed by atoms with Crippen LogP contribution in [0.25, 0.3) is 0 Å². The van der Waals surface area contributed by atoms with E-state index in [1.807, 2.05) is 20.8 Å². The molecule has 0 bridgehead atoms. The van der Waals surface area contributed by atoms with Crippen LogP contribution >= 0.6 is 0 Å². The first-order valence-electron chi connectivity index (χ1n) is 3.95. The summed E-state index contributed by atoms with van der Waals surface area (Å²) in [4.78, 5) is 11.1. The fourth-order valence-corrected chi connectivity index (χ4v) is 0.745. The SMILES string of the molecule is C=C(O)CNC(=O)CC(C)(C)C. The lowest BCUT2D eigenvalue weighted by molar-refractivity contribution is -0.122. The first kappa shape index (κ1) is 11.0. The van der Waals surface area contributed by atoms with Gasteiger partial charge in [0, 0.05) is 6.42 Å². The van der Waals surface area contributed by atoms with Crippen LogP contribution in [0.4, 0.5) is 0 Å². The van der Waals surface area contributed by atoms with Crippen molar-refractivity contribution in [2.24, 2.45) is 5.41 Å². The Kier molecular flexibility index (Phi) is 3.80. The minimum absolute atomic E-state index is 0.0130. The molecule has 0 unspecified atom stereocenters. The Morgan fingerprint density at radius 3 is 2.33 bits per heavy atom. The lowest BCUT2D eigenvalue weighted by Crippen LogP contribution is -2.28. The molecule has 0 rings (SSSR count). The molecular formula is C9H17NO2. The molecule has 0 radical (unpaired) electrons. The van der Waals surface area contributed by atoms with Gasteiger partial charge in [-0.05, 0) is 5.41 Å². The van der Waals surface area contributed by atoms with Crippen LogP contribution in [-0.2, 0) is 4.79 Å². The Hall–Kier alpha value is -0.990. The van der Waals surface area contributed by atoms with Crippen molar-refractivity contribution in [1.29, 1.82) is 0 Å². The quantitative estimate of drug-likeness (QED) is 0.634. The average Bonchev–Trinajstić information content (AvgIpc) is 1.79. The molecule has 3 nitrogen and oxygen atoms in total. The maximum atomic E-state index is 11.1. The molecule has 0 heterocycles. The number of nitrogens with one attached hydrogen (secondary N) is 1. The van der Waals surface area contributed by atoms with E-state index in [0.29, 0.717) is 6.42 Å². The molecule has 0 atom stereocenters. The van der Waals surface area contributed by atoms with Gasteiger partial charge in [-0.25, -0.2) is 0 Å². The van der Waals surface area contributed by atoms with Gasteiger partial charge in [0.15, 0.2) is 0 Å². The van der Waals surface area contributed by atoms with Gasteiger partial charge < -0.3 is 10.4 Å². The first-order chi connectivity index (χ1) is 5.31. The molecule has 70 valence electrons. The zero-order valence-electron chi connectivity index (χ0n) is 7.98. The van der Waals surface area contributed by atoms with E-state index in [9.17, 15) is 4.79 Å². The fraction of sp³-hybridized carbons (Fsp3) is 0.667. The smallest absolute Gasteiger partial charge is 0.220 e. The number of carbonyl (C=O) groups excluding carboxylic acids is 1. The number of hydrogen-bond acceptors (Lipinski definition) is 2. The minimum Gasteiger partial charge on any atom is -0.511 e. The van der Waals surface area contributed by atoms with Crippen LogP contribution in [0.5, 0.6) is 0 Å². The molecule has 0 aromatic carbocycles. The second-order valence-corrected chi connectivity index (χ2v) is 4.08. The van der Waals surface area contributed by atoms with Crippen LogP contribution in [-0.4, -0.2) is 17.6 Å². The molecule has 12 heavy (non-hydrogen) atoms. The topological polar surface area (TPSA) is 49.3 Å². The zero-order valence-corrected chi connectivity index (χ0v) is 7.98. The summed E-state index contributed by atoms with van der Waals surface area (Å²) in [6.07, 6.45) is 0.459. The van der Waals surface area contributed by atoms with E-state index in [2.05, 4.69) is 11.9 Å². The Morgan fingerprint density at radius 1 is 1.50 bits per heavy atom. The predicted octanol–water partition coefficient (Wildman–Crippen LogP) is 1.61. The molecule has 0 saturated carbocycles. The van der Waals surface area contributed by atoms with E-state index in [1.54, 1.807) is 0 Å². The molecule has 2 N–H and O–H groups in total. The summed E-state index contributed by atoms with van der Waals surface area (Å²) in [5, 5.41) is 11.2. The Labute approximate surface area is 73.5 Å². The fourth-order valence-electron chi connectivity index (χ4n) is 0.745. The standard InChI is InChI=1S/C9H17NO2/c1-7(11)6-10-8(12)5-9(2,3)4/h11H,1,5-6H2,2-4H3,(H,10,12). The summed E-state index contributed by atoms with van der Waals surface area (Å²) in [6.45, 7) is 9.37. The summed E-state index contributed by atoms with van der Waals surface area (Å²) < 4.78 is 0. The summed E-state index contributed by atoms with van der Waals surface area (Å²) in [5.41, 5.74) is -0.0130. The van der Waals surface area contributed by atoms with Gasteiger partial charge in [-0.3, -0.25) is 4.79 Å². The summed E-state index contributed by atoms with van der Waals surface area (Å²) in [7, 11) is 0. The summed E-state index contributed by atoms with van der Waals surface area (Å²) in [6, 6.07) is 0. The van der Waals surface area contributed by atoms with Crippen LogP contribution in [0, 0.1) is 5.41 Å². The van der Waals surface area contributed by atoms with Crippen molar-refractivity contribution < 1.29 is 9.90 Å². The van der Waals surface area contributed by atoms with Gasteiger partial charge in [0.2, 0.25) is 5.91 Å². The number of rotatable bonds is 3. The highest BCUT2D eigenvalue weighted by atomic mass is 16.3. The zero-order chi connectivity index (χ0) is 9.78. The van der Waals surface area contributed by atoms with Crippen molar-refractivity contribution in [3.8, 4) is 0 Å². The minimum atomic E-state index is -0.0577. The maximum absolute atomic E-state index is 11.1. The molecule has 0 aromatic heterocycles. The monoisotopic (exact) mass is 171 g/mol. The lowest BCUT2D eigenvalue weighted by atomic mass is 9.92. The van der Waals surface area contributed by atoms with Gasteiger partial charge in [0.05, 0.1) is 6.54 Å². The van der Waals surface area contributed by atoms with Crippen molar-refractivity contribution >= 4 is 5.91 Å². The van der Waals surface area contributed by atoms with Crippen molar-refractivity contribution in [1.82, 2.24) is 5.32 Å². The van der Waals surface area contributed by atoms with Crippen molar-refractivity contribution in [2.75, 3.05) is 6.54 Å². The number of amides is 1. The van der Waals surface area contributed by atoms with Gasteiger partial charge >= 0.3 is 0 Å².